The van der Waals surface area contributed by atoms with Crippen LogP contribution in [0.2, 0.25) is 0 Å². The molecule has 1 amide bonds. The molecule has 1 aromatic carbocycles. The van der Waals surface area contributed by atoms with Crippen molar-refractivity contribution in [2.24, 2.45) is 5.92 Å². The second-order valence-electron chi connectivity index (χ2n) is 7.76. The van der Waals surface area contributed by atoms with Crippen molar-refractivity contribution in [2.75, 3.05) is 11.5 Å². The van der Waals surface area contributed by atoms with Gasteiger partial charge in [-0.1, -0.05) is 24.3 Å². The minimum absolute atomic E-state index is 0.0585. The first-order chi connectivity index (χ1) is 11.4. The molecule has 1 unspecified atom stereocenters. The van der Waals surface area contributed by atoms with E-state index in [0.29, 0.717) is 24.4 Å². The summed E-state index contributed by atoms with van der Waals surface area (Å²) < 4.78 is 23.4. The number of rotatable bonds is 4. The summed E-state index contributed by atoms with van der Waals surface area (Å²) in [4.78, 5) is 15.0. The summed E-state index contributed by atoms with van der Waals surface area (Å²) in [6.07, 6.45) is 4.71. The van der Waals surface area contributed by atoms with Crippen LogP contribution in [0.3, 0.4) is 0 Å². The van der Waals surface area contributed by atoms with Crippen LogP contribution in [0.1, 0.15) is 49.1 Å². The average Bonchev–Trinajstić information content (AvgIpc) is 3.26. The molecule has 0 radical (unpaired) electrons. The Morgan fingerprint density at radius 3 is 2.38 bits per heavy atom. The normalized spacial score (nSPS) is 31.5. The Kier molecular flexibility index (Phi) is 3.94. The molecule has 4 rings (SSSR count). The lowest BCUT2D eigenvalue weighted by atomic mass is 9.73. The molecule has 0 N–H and O–H groups in total. The van der Waals surface area contributed by atoms with Crippen molar-refractivity contribution in [2.45, 2.75) is 57.0 Å². The molecule has 0 spiro atoms. The fourth-order valence-corrected chi connectivity index (χ4v) is 6.06. The first-order valence-corrected chi connectivity index (χ1v) is 10.8. The van der Waals surface area contributed by atoms with Crippen LogP contribution in [-0.2, 0) is 14.6 Å². The molecule has 3 fully saturated rings. The summed E-state index contributed by atoms with van der Waals surface area (Å²) in [5.41, 5.74) is 2.73. The van der Waals surface area contributed by atoms with Crippen LogP contribution < -0.4 is 0 Å². The molecule has 5 heteroatoms. The highest BCUT2D eigenvalue weighted by Crippen LogP contribution is 2.45. The summed E-state index contributed by atoms with van der Waals surface area (Å²) in [5.74, 6) is 0.582. The molecule has 1 atom stereocenters. The van der Waals surface area contributed by atoms with Gasteiger partial charge in [0.25, 0.3) is 0 Å². The van der Waals surface area contributed by atoms with Gasteiger partial charge in [-0.2, -0.15) is 0 Å². The summed E-state index contributed by atoms with van der Waals surface area (Å²) in [6, 6.07) is 9.17. The quantitative estimate of drug-likeness (QED) is 0.841. The van der Waals surface area contributed by atoms with E-state index in [1.165, 1.54) is 11.1 Å². The molecule has 4 nitrogen and oxygen atoms in total. The number of hydrogen-bond acceptors (Lipinski definition) is 3. The Balaban J connectivity index is 1.44. The average molecular weight is 347 g/mol. The van der Waals surface area contributed by atoms with Crippen LogP contribution in [0.5, 0.6) is 0 Å². The van der Waals surface area contributed by atoms with Crippen LogP contribution >= 0.6 is 0 Å². The van der Waals surface area contributed by atoms with E-state index in [1.54, 1.807) is 0 Å². The highest BCUT2D eigenvalue weighted by molar-refractivity contribution is 7.91. The second kappa shape index (κ2) is 5.87. The molecule has 1 aliphatic heterocycles. The molecule has 24 heavy (non-hydrogen) atoms. The molecule has 0 aromatic heterocycles. The topological polar surface area (TPSA) is 54.5 Å². The number of amides is 1. The van der Waals surface area contributed by atoms with Crippen molar-refractivity contribution in [1.82, 2.24) is 4.90 Å². The van der Waals surface area contributed by atoms with E-state index < -0.39 is 9.84 Å². The van der Waals surface area contributed by atoms with Crippen LogP contribution in [0.15, 0.2) is 24.3 Å². The van der Waals surface area contributed by atoms with Crippen molar-refractivity contribution >= 4 is 15.7 Å². The Hall–Kier alpha value is -1.36. The Labute approximate surface area is 144 Å². The van der Waals surface area contributed by atoms with E-state index >= 15 is 0 Å². The number of carbonyl (C=O) groups is 1. The van der Waals surface area contributed by atoms with E-state index in [0.717, 1.165) is 25.7 Å². The highest BCUT2D eigenvalue weighted by atomic mass is 32.2. The van der Waals surface area contributed by atoms with Crippen LogP contribution in [-0.4, -0.2) is 42.8 Å². The van der Waals surface area contributed by atoms with Gasteiger partial charge in [-0.05, 0) is 56.1 Å². The second-order valence-corrected chi connectivity index (χ2v) is 9.98. The minimum Gasteiger partial charge on any atom is -0.336 e. The third-order valence-electron chi connectivity index (χ3n) is 5.91. The fourth-order valence-electron chi connectivity index (χ4n) is 4.33. The van der Waals surface area contributed by atoms with Crippen LogP contribution in [0, 0.1) is 12.8 Å². The van der Waals surface area contributed by atoms with Gasteiger partial charge in [0.1, 0.15) is 0 Å². The lowest BCUT2D eigenvalue weighted by molar-refractivity contribution is -0.140. The van der Waals surface area contributed by atoms with Gasteiger partial charge >= 0.3 is 0 Å². The Bertz CT molecular complexity index is 748. The third-order valence-corrected chi connectivity index (χ3v) is 7.68. The van der Waals surface area contributed by atoms with E-state index in [1.807, 2.05) is 0 Å². The maximum atomic E-state index is 12.9. The predicted octanol–water partition coefficient (Wildman–Crippen LogP) is 2.67. The van der Waals surface area contributed by atoms with Gasteiger partial charge in [0, 0.05) is 12.1 Å². The zero-order valence-electron chi connectivity index (χ0n) is 14.1. The molecular formula is C19H25NO3S. The SMILES string of the molecule is Cc1ccccc1C1CC(N(C(=O)C2CCS(=O)(=O)C2)C2CC2)C1. The van der Waals surface area contributed by atoms with E-state index in [9.17, 15) is 13.2 Å². The molecule has 1 aromatic rings. The van der Waals surface area contributed by atoms with Gasteiger partial charge in [0.05, 0.1) is 17.4 Å². The molecule has 130 valence electrons. The molecule has 2 saturated carbocycles. The van der Waals surface area contributed by atoms with Gasteiger partial charge < -0.3 is 4.90 Å². The lowest BCUT2D eigenvalue weighted by Gasteiger charge is -2.44. The monoisotopic (exact) mass is 347 g/mol. The highest BCUT2D eigenvalue weighted by Gasteiger charge is 2.46. The van der Waals surface area contributed by atoms with Crippen LogP contribution in [0.4, 0.5) is 0 Å². The van der Waals surface area contributed by atoms with Crippen molar-refractivity contribution in [1.29, 1.82) is 0 Å². The van der Waals surface area contributed by atoms with Crippen molar-refractivity contribution in [3.05, 3.63) is 35.4 Å². The Morgan fingerprint density at radius 2 is 1.79 bits per heavy atom. The minimum atomic E-state index is -3.00. The van der Waals surface area contributed by atoms with Gasteiger partial charge in [0.2, 0.25) is 5.91 Å². The molecular weight excluding hydrogens is 322 g/mol. The number of sulfone groups is 1. The molecule has 0 bridgehead atoms. The molecule has 1 saturated heterocycles. The number of nitrogens with zero attached hydrogens (tertiary/aromatic N) is 1. The van der Waals surface area contributed by atoms with Gasteiger partial charge in [-0.25, -0.2) is 8.42 Å². The first kappa shape index (κ1) is 16.1. The first-order valence-electron chi connectivity index (χ1n) is 9.03. The van der Waals surface area contributed by atoms with E-state index in [2.05, 4.69) is 36.1 Å². The zero-order valence-corrected chi connectivity index (χ0v) is 15.0. The number of benzene rings is 1. The van der Waals surface area contributed by atoms with Crippen molar-refractivity contribution in [3.63, 3.8) is 0 Å². The molecule has 2 aliphatic carbocycles. The van der Waals surface area contributed by atoms with E-state index in [-0.39, 0.29) is 23.3 Å². The van der Waals surface area contributed by atoms with Gasteiger partial charge in [-0.3, -0.25) is 4.79 Å². The lowest BCUT2D eigenvalue weighted by Crippen LogP contribution is -2.50. The third kappa shape index (κ3) is 2.99. The van der Waals surface area contributed by atoms with Crippen LogP contribution in [0.25, 0.3) is 0 Å². The number of carbonyl (C=O) groups excluding carboxylic acids is 1. The number of hydrogen-bond donors (Lipinski definition) is 0. The summed E-state index contributed by atoms with van der Waals surface area (Å²) >= 11 is 0. The van der Waals surface area contributed by atoms with Gasteiger partial charge in [0.15, 0.2) is 9.84 Å². The summed E-state index contributed by atoms with van der Waals surface area (Å²) in [5, 5.41) is 0. The van der Waals surface area contributed by atoms with Gasteiger partial charge in [-0.15, -0.1) is 0 Å². The van der Waals surface area contributed by atoms with Crippen molar-refractivity contribution < 1.29 is 13.2 Å². The summed E-state index contributed by atoms with van der Waals surface area (Å²) in [6.45, 7) is 2.15. The predicted molar refractivity (Wildman–Crippen MR) is 93.6 cm³/mol. The standard InChI is InChI=1S/C19H25NO3S/c1-13-4-2-3-5-18(13)15-10-17(11-15)20(16-6-7-16)19(21)14-8-9-24(22,23)12-14/h2-5,14-17H,6-12H2,1H3. The van der Waals surface area contributed by atoms with E-state index in [4.69, 9.17) is 0 Å². The molecule has 3 aliphatic rings. The zero-order chi connectivity index (χ0) is 16.9. The fraction of sp³-hybridized carbons (Fsp3) is 0.632. The largest absolute Gasteiger partial charge is 0.336 e. The number of aryl methyl sites for hydroxylation is 1. The smallest absolute Gasteiger partial charge is 0.227 e. The Morgan fingerprint density at radius 1 is 1.08 bits per heavy atom. The summed E-state index contributed by atoms with van der Waals surface area (Å²) in [7, 11) is -3.00. The molecule has 1 heterocycles. The van der Waals surface area contributed by atoms with Crippen molar-refractivity contribution in [3.8, 4) is 0 Å². The maximum absolute atomic E-state index is 12.9. The maximum Gasteiger partial charge on any atom is 0.227 e.